The van der Waals surface area contributed by atoms with Crippen molar-refractivity contribution < 1.29 is 9.13 Å². The molecular formula is C16H22FN3O. The molecule has 5 heteroatoms. The molecule has 0 aliphatic carbocycles. The molecule has 1 aromatic heterocycles. The van der Waals surface area contributed by atoms with Crippen LogP contribution in [0.5, 0.6) is 5.75 Å². The van der Waals surface area contributed by atoms with Crippen LogP contribution in [-0.4, -0.2) is 22.7 Å². The third kappa shape index (κ3) is 3.74. The lowest BCUT2D eigenvalue weighted by Gasteiger charge is -2.12. The fourth-order valence-electron chi connectivity index (χ4n) is 2.03. The number of hydrogen-bond acceptors (Lipinski definition) is 3. The topological polar surface area (TPSA) is 39.1 Å². The summed E-state index contributed by atoms with van der Waals surface area (Å²) < 4.78 is 21.1. The van der Waals surface area contributed by atoms with E-state index >= 15 is 0 Å². The van der Waals surface area contributed by atoms with Crippen LogP contribution < -0.4 is 10.1 Å². The normalized spacial score (nSPS) is 11.0. The van der Waals surface area contributed by atoms with E-state index in [4.69, 9.17) is 4.74 Å². The molecule has 2 rings (SSSR count). The number of anilines is 1. The molecule has 0 unspecified atom stereocenters. The highest BCUT2D eigenvalue weighted by Crippen LogP contribution is 2.23. The molecule has 0 bridgehead atoms. The minimum atomic E-state index is -0.365. The summed E-state index contributed by atoms with van der Waals surface area (Å²) in [5, 5.41) is 3.29. The predicted molar refractivity (Wildman–Crippen MR) is 82.8 cm³/mol. The average Bonchev–Trinajstić information content (AvgIpc) is 2.80. The number of imidazole rings is 1. The Morgan fingerprint density at radius 2 is 2.14 bits per heavy atom. The van der Waals surface area contributed by atoms with Gasteiger partial charge >= 0.3 is 0 Å². The van der Waals surface area contributed by atoms with Crippen molar-refractivity contribution in [1.82, 2.24) is 9.55 Å². The summed E-state index contributed by atoms with van der Waals surface area (Å²) in [6.07, 6.45) is 1.89. The summed E-state index contributed by atoms with van der Waals surface area (Å²) >= 11 is 0. The zero-order valence-corrected chi connectivity index (χ0v) is 13.0. The summed E-state index contributed by atoms with van der Waals surface area (Å²) in [6, 6.07) is 4.94. The summed E-state index contributed by atoms with van der Waals surface area (Å²) in [6.45, 7) is 9.27. The zero-order valence-electron chi connectivity index (χ0n) is 13.0. The lowest BCUT2D eigenvalue weighted by atomic mass is 10.2. The summed E-state index contributed by atoms with van der Waals surface area (Å²) in [5.74, 6) is 1.14. The molecule has 0 spiro atoms. The van der Waals surface area contributed by atoms with Gasteiger partial charge in [0.25, 0.3) is 0 Å². The second-order valence-electron chi connectivity index (χ2n) is 5.40. The highest BCUT2D eigenvalue weighted by molar-refractivity contribution is 5.46. The first-order valence-corrected chi connectivity index (χ1v) is 7.23. The molecule has 1 aromatic carbocycles. The maximum Gasteiger partial charge on any atom is 0.207 e. The van der Waals surface area contributed by atoms with E-state index in [0.29, 0.717) is 12.5 Å². The van der Waals surface area contributed by atoms with Gasteiger partial charge in [0.2, 0.25) is 5.95 Å². The van der Waals surface area contributed by atoms with E-state index in [2.05, 4.69) is 24.1 Å². The van der Waals surface area contributed by atoms with Crippen LogP contribution in [-0.2, 0) is 0 Å². The van der Waals surface area contributed by atoms with Gasteiger partial charge in [-0.25, -0.2) is 9.37 Å². The Balaban J connectivity index is 2.31. The lowest BCUT2D eigenvalue weighted by Crippen LogP contribution is -2.12. The number of aryl methyl sites for hydroxylation is 1. The number of benzene rings is 1. The number of hydrogen-bond donors (Lipinski definition) is 1. The molecule has 0 radical (unpaired) electrons. The zero-order chi connectivity index (χ0) is 15.4. The molecule has 0 atom stereocenters. The Bertz CT molecular complexity index is 608. The van der Waals surface area contributed by atoms with Gasteiger partial charge in [0.05, 0.1) is 18.0 Å². The highest BCUT2D eigenvalue weighted by atomic mass is 19.1. The van der Waals surface area contributed by atoms with Gasteiger partial charge in [-0.2, -0.15) is 0 Å². The average molecular weight is 291 g/mol. The fraction of sp³-hybridized carbons (Fsp3) is 0.438. The molecule has 21 heavy (non-hydrogen) atoms. The molecular weight excluding hydrogens is 269 g/mol. The fourth-order valence-corrected chi connectivity index (χ4v) is 2.03. The molecule has 0 amide bonds. The molecule has 0 fully saturated rings. The van der Waals surface area contributed by atoms with Gasteiger partial charge < -0.3 is 10.1 Å². The minimum Gasteiger partial charge on any atom is -0.491 e. The van der Waals surface area contributed by atoms with Crippen LogP contribution in [0.4, 0.5) is 10.3 Å². The maximum atomic E-state index is 14.0. The molecule has 0 aliphatic heterocycles. The van der Waals surface area contributed by atoms with Crippen LogP contribution in [0.1, 0.15) is 26.5 Å². The monoisotopic (exact) mass is 291 g/mol. The standard InChI is InChI=1S/C16H22FN3O/c1-5-21-15-7-6-13(8-14(15)17)20-10-12(4)19-16(20)18-9-11(2)3/h6-8,10-11H,5,9H2,1-4H3,(H,18,19). The second kappa shape index (κ2) is 6.61. The van der Waals surface area contributed by atoms with Crippen molar-refractivity contribution in [3.05, 3.63) is 35.9 Å². The Morgan fingerprint density at radius 3 is 2.76 bits per heavy atom. The van der Waals surface area contributed by atoms with Gasteiger partial charge in [0.1, 0.15) is 0 Å². The molecule has 4 nitrogen and oxygen atoms in total. The van der Waals surface area contributed by atoms with Crippen molar-refractivity contribution in [3.8, 4) is 11.4 Å². The first-order chi connectivity index (χ1) is 10.0. The molecule has 0 aliphatic rings. The van der Waals surface area contributed by atoms with Crippen molar-refractivity contribution in [2.75, 3.05) is 18.5 Å². The van der Waals surface area contributed by atoms with Gasteiger partial charge in [0.15, 0.2) is 11.6 Å². The van der Waals surface area contributed by atoms with Gasteiger partial charge in [-0.15, -0.1) is 0 Å². The highest BCUT2D eigenvalue weighted by Gasteiger charge is 2.11. The first-order valence-electron chi connectivity index (χ1n) is 7.23. The van der Waals surface area contributed by atoms with Crippen molar-refractivity contribution >= 4 is 5.95 Å². The Morgan fingerprint density at radius 1 is 1.38 bits per heavy atom. The predicted octanol–water partition coefficient (Wildman–Crippen LogP) is 3.79. The summed E-state index contributed by atoms with van der Waals surface area (Å²) in [7, 11) is 0. The molecule has 1 heterocycles. The van der Waals surface area contributed by atoms with Gasteiger partial charge in [0, 0.05) is 18.8 Å². The third-order valence-corrected chi connectivity index (χ3v) is 2.99. The van der Waals surface area contributed by atoms with E-state index in [9.17, 15) is 4.39 Å². The third-order valence-electron chi connectivity index (χ3n) is 2.99. The van der Waals surface area contributed by atoms with E-state index in [0.717, 1.165) is 23.9 Å². The second-order valence-corrected chi connectivity index (χ2v) is 5.40. The van der Waals surface area contributed by atoms with Gasteiger partial charge in [-0.05, 0) is 31.9 Å². The Kier molecular flexibility index (Phi) is 4.83. The molecule has 2 aromatic rings. The summed E-state index contributed by atoms with van der Waals surface area (Å²) in [5.41, 5.74) is 1.61. The van der Waals surface area contributed by atoms with Crippen LogP contribution >= 0.6 is 0 Å². The van der Waals surface area contributed by atoms with E-state index in [1.54, 1.807) is 6.07 Å². The van der Waals surface area contributed by atoms with Crippen LogP contribution in [0.15, 0.2) is 24.4 Å². The number of nitrogens with zero attached hydrogens (tertiary/aromatic N) is 2. The van der Waals surface area contributed by atoms with Crippen LogP contribution in [0.2, 0.25) is 0 Å². The molecule has 114 valence electrons. The maximum absolute atomic E-state index is 14.0. The Labute approximate surface area is 125 Å². The number of rotatable bonds is 6. The van der Waals surface area contributed by atoms with Gasteiger partial charge in [-0.1, -0.05) is 13.8 Å². The van der Waals surface area contributed by atoms with E-state index in [-0.39, 0.29) is 11.6 Å². The first kappa shape index (κ1) is 15.4. The van der Waals surface area contributed by atoms with Crippen molar-refractivity contribution in [3.63, 3.8) is 0 Å². The van der Waals surface area contributed by atoms with Crippen LogP contribution in [0.25, 0.3) is 5.69 Å². The van der Waals surface area contributed by atoms with E-state index < -0.39 is 0 Å². The number of nitrogens with one attached hydrogen (secondary N) is 1. The van der Waals surface area contributed by atoms with Crippen molar-refractivity contribution in [2.24, 2.45) is 5.92 Å². The minimum absolute atomic E-state index is 0.273. The van der Waals surface area contributed by atoms with Crippen LogP contribution in [0, 0.1) is 18.7 Å². The molecule has 0 saturated carbocycles. The van der Waals surface area contributed by atoms with Crippen molar-refractivity contribution in [2.45, 2.75) is 27.7 Å². The van der Waals surface area contributed by atoms with E-state index in [1.165, 1.54) is 6.07 Å². The van der Waals surface area contributed by atoms with Crippen molar-refractivity contribution in [1.29, 1.82) is 0 Å². The SMILES string of the molecule is CCOc1ccc(-n2cc(C)nc2NCC(C)C)cc1F. The number of aromatic nitrogens is 2. The lowest BCUT2D eigenvalue weighted by molar-refractivity contribution is 0.321. The number of ether oxygens (including phenoxy) is 1. The van der Waals surface area contributed by atoms with Crippen LogP contribution in [0.3, 0.4) is 0 Å². The quantitative estimate of drug-likeness (QED) is 0.880. The molecule has 0 saturated heterocycles. The smallest absolute Gasteiger partial charge is 0.207 e. The number of halogens is 1. The largest absolute Gasteiger partial charge is 0.491 e. The molecule has 1 N–H and O–H groups in total. The Hall–Kier alpha value is -2.04. The summed E-state index contributed by atoms with van der Waals surface area (Å²) in [4.78, 5) is 4.45. The van der Waals surface area contributed by atoms with Gasteiger partial charge in [-0.3, -0.25) is 4.57 Å². The van der Waals surface area contributed by atoms with E-state index in [1.807, 2.05) is 30.7 Å².